The summed E-state index contributed by atoms with van der Waals surface area (Å²) in [5, 5.41) is 16.5. The summed E-state index contributed by atoms with van der Waals surface area (Å²) in [5.74, 6) is 1.18. The van der Waals surface area contributed by atoms with Crippen LogP contribution in [0.3, 0.4) is 0 Å². The fourth-order valence-corrected chi connectivity index (χ4v) is 4.37. The molecule has 1 heterocycles. The number of hydrogen-bond donors (Lipinski definition) is 0. The number of nitro benzene ring substituents is 1. The van der Waals surface area contributed by atoms with Crippen molar-refractivity contribution in [2.45, 2.75) is 26.7 Å². The molecule has 3 aromatic carbocycles. The molecule has 0 aliphatic rings. The molecule has 0 atom stereocenters. The molecular weight excluding hydrogens is 496 g/mol. The van der Waals surface area contributed by atoms with Gasteiger partial charge >= 0.3 is 5.69 Å². The molecular formula is C27H25ClN4O5. The summed E-state index contributed by atoms with van der Waals surface area (Å²) in [6.45, 7) is 6.00. The summed E-state index contributed by atoms with van der Waals surface area (Å²) in [6.07, 6.45) is 1.31. The second-order valence-corrected chi connectivity index (χ2v) is 9.12. The van der Waals surface area contributed by atoms with Crippen LogP contribution in [-0.4, -0.2) is 35.0 Å². The number of fused-ring (bicyclic) bond motifs is 1. The first kappa shape index (κ1) is 25.8. The number of para-hydroxylation sites is 1. The summed E-state index contributed by atoms with van der Waals surface area (Å²) in [7, 11) is 2.93. The van der Waals surface area contributed by atoms with Crippen LogP contribution in [0.2, 0.25) is 5.02 Å². The van der Waals surface area contributed by atoms with Crippen LogP contribution in [0, 0.1) is 17.0 Å². The smallest absolute Gasteiger partial charge is 0.313 e. The maximum atomic E-state index is 13.6. The predicted molar refractivity (Wildman–Crippen MR) is 144 cm³/mol. The van der Waals surface area contributed by atoms with E-state index in [1.54, 1.807) is 25.3 Å². The molecule has 0 aliphatic heterocycles. The van der Waals surface area contributed by atoms with Crippen molar-refractivity contribution in [2.75, 3.05) is 14.2 Å². The maximum absolute atomic E-state index is 13.6. The van der Waals surface area contributed by atoms with E-state index in [0.29, 0.717) is 22.3 Å². The standard InChI is InChI=1S/C27H25ClN4O5/c1-15(2)20-13-21(16(3)10-24(20)36-4)26-30-22-9-7-6-8-19(22)27(33)31(26)29-14-17-11-18(28)12-23(32(34)35)25(17)37-5/h6-15H,1-5H3. The topological polar surface area (TPSA) is 109 Å². The van der Waals surface area contributed by atoms with E-state index in [4.69, 9.17) is 26.1 Å². The van der Waals surface area contributed by atoms with Gasteiger partial charge in [0.05, 0.1) is 36.3 Å². The normalized spacial score (nSPS) is 11.4. The molecule has 1 aromatic heterocycles. The lowest BCUT2D eigenvalue weighted by atomic mass is 9.96. The first-order chi connectivity index (χ1) is 17.7. The third kappa shape index (κ3) is 4.90. The number of nitrogens with zero attached hydrogens (tertiary/aromatic N) is 4. The highest BCUT2D eigenvalue weighted by atomic mass is 35.5. The molecule has 0 N–H and O–H groups in total. The van der Waals surface area contributed by atoms with Crippen LogP contribution in [-0.2, 0) is 0 Å². The second-order valence-electron chi connectivity index (χ2n) is 8.68. The average molecular weight is 521 g/mol. The first-order valence-electron chi connectivity index (χ1n) is 11.4. The number of nitro groups is 1. The van der Waals surface area contributed by atoms with Crippen molar-refractivity contribution in [3.05, 3.63) is 90.7 Å². The molecule has 10 heteroatoms. The number of aromatic nitrogens is 2. The molecule has 0 spiro atoms. The Labute approximate surface area is 218 Å². The Hall–Kier alpha value is -4.24. The van der Waals surface area contributed by atoms with Gasteiger partial charge in [-0.15, -0.1) is 0 Å². The zero-order chi connectivity index (χ0) is 26.9. The van der Waals surface area contributed by atoms with E-state index in [1.165, 1.54) is 30.1 Å². The van der Waals surface area contributed by atoms with Crippen molar-refractivity contribution >= 4 is 34.4 Å². The van der Waals surface area contributed by atoms with Crippen LogP contribution in [0.4, 0.5) is 5.69 Å². The van der Waals surface area contributed by atoms with Gasteiger partial charge in [0.15, 0.2) is 5.82 Å². The van der Waals surface area contributed by atoms with Gasteiger partial charge < -0.3 is 9.47 Å². The molecule has 4 aromatic rings. The van der Waals surface area contributed by atoms with Gasteiger partial charge in [-0.05, 0) is 54.3 Å². The monoisotopic (exact) mass is 520 g/mol. The highest BCUT2D eigenvalue weighted by Crippen LogP contribution is 2.35. The fraction of sp³-hybridized carbons (Fsp3) is 0.222. The Morgan fingerprint density at radius 2 is 1.86 bits per heavy atom. The van der Waals surface area contributed by atoms with E-state index in [1.807, 2.05) is 39.0 Å². The number of aryl methyl sites for hydroxylation is 1. The van der Waals surface area contributed by atoms with Crippen molar-refractivity contribution in [1.29, 1.82) is 0 Å². The van der Waals surface area contributed by atoms with Gasteiger partial charge in [0.1, 0.15) is 5.75 Å². The van der Waals surface area contributed by atoms with Gasteiger partial charge in [-0.1, -0.05) is 37.6 Å². The average Bonchev–Trinajstić information content (AvgIpc) is 2.87. The van der Waals surface area contributed by atoms with E-state index < -0.39 is 10.5 Å². The molecule has 4 rings (SSSR count). The summed E-state index contributed by atoms with van der Waals surface area (Å²) < 4.78 is 12.0. The predicted octanol–water partition coefficient (Wildman–Crippen LogP) is 5.96. The first-order valence-corrected chi connectivity index (χ1v) is 11.8. The fourth-order valence-electron chi connectivity index (χ4n) is 4.15. The molecule has 0 radical (unpaired) electrons. The third-order valence-electron chi connectivity index (χ3n) is 5.97. The SMILES string of the molecule is COc1cc(C)c(-c2nc3ccccc3c(=O)n2N=Cc2cc(Cl)cc([N+](=O)[O-])c2OC)cc1C(C)C. The molecule has 37 heavy (non-hydrogen) atoms. The van der Waals surface area contributed by atoms with E-state index in [9.17, 15) is 14.9 Å². The molecule has 0 amide bonds. The zero-order valence-electron chi connectivity index (χ0n) is 21.0. The van der Waals surface area contributed by atoms with Crippen molar-refractivity contribution < 1.29 is 14.4 Å². The van der Waals surface area contributed by atoms with Crippen molar-refractivity contribution in [3.63, 3.8) is 0 Å². The van der Waals surface area contributed by atoms with Gasteiger partial charge in [-0.2, -0.15) is 9.78 Å². The van der Waals surface area contributed by atoms with E-state index in [0.717, 1.165) is 16.9 Å². The molecule has 190 valence electrons. The van der Waals surface area contributed by atoms with Gasteiger partial charge in [-0.25, -0.2) is 4.98 Å². The highest BCUT2D eigenvalue weighted by Gasteiger charge is 2.21. The quantitative estimate of drug-likeness (QED) is 0.169. The minimum absolute atomic E-state index is 0.0239. The van der Waals surface area contributed by atoms with E-state index >= 15 is 0 Å². The molecule has 0 saturated heterocycles. The zero-order valence-corrected chi connectivity index (χ0v) is 21.7. The van der Waals surface area contributed by atoms with Crippen LogP contribution < -0.4 is 15.0 Å². The summed E-state index contributed by atoms with van der Waals surface area (Å²) in [5.41, 5.74) is 2.54. The van der Waals surface area contributed by atoms with Crippen molar-refractivity contribution in [3.8, 4) is 22.9 Å². The Morgan fingerprint density at radius 1 is 1.14 bits per heavy atom. The Balaban J connectivity index is 2.02. The largest absolute Gasteiger partial charge is 0.496 e. The van der Waals surface area contributed by atoms with Gasteiger partial charge in [0, 0.05) is 22.2 Å². The van der Waals surface area contributed by atoms with Crippen LogP contribution in [0.25, 0.3) is 22.3 Å². The minimum Gasteiger partial charge on any atom is -0.496 e. The summed E-state index contributed by atoms with van der Waals surface area (Å²) >= 11 is 6.12. The third-order valence-corrected chi connectivity index (χ3v) is 6.19. The number of rotatable bonds is 7. The van der Waals surface area contributed by atoms with Gasteiger partial charge in [0.2, 0.25) is 5.75 Å². The van der Waals surface area contributed by atoms with Gasteiger partial charge in [-0.3, -0.25) is 14.9 Å². The minimum atomic E-state index is -0.592. The van der Waals surface area contributed by atoms with E-state index in [-0.39, 0.29) is 27.9 Å². The lowest BCUT2D eigenvalue weighted by Crippen LogP contribution is -2.21. The lowest BCUT2D eigenvalue weighted by Gasteiger charge is -2.17. The highest BCUT2D eigenvalue weighted by molar-refractivity contribution is 6.31. The summed E-state index contributed by atoms with van der Waals surface area (Å²) in [6, 6.07) is 13.5. The van der Waals surface area contributed by atoms with Crippen LogP contribution in [0.1, 0.15) is 36.5 Å². The van der Waals surface area contributed by atoms with Crippen LogP contribution in [0.15, 0.2) is 58.4 Å². The number of ether oxygens (including phenoxy) is 2. The van der Waals surface area contributed by atoms with Crippen molar-refractivity contribution in [2.24, 2.45) is 5.10 Å². The molecule has 9 nitrogen and oxygen atoms in total. The molecule has 0 fully saturated rings. The van der Waals surface area contributed by atoms with Crippen molar-refractivity contribution in [1.82, 2.24) is 9.66 Å². The van der Waals surface area contributed by atoms with E-state index in [2.05, 4.69) is 5.10 Å². The molecule has 0 aliphatic carbocycles. The second kappa shape index (κ2) is 10.4. The van der Waals surface area contributed by atoms with Crippen LogP contribution in [0.5, 0.6) is 11.5 Å². The lowest BCUT2D eigenvalue weighted by molar-refractivity contribution is -0.385. The van der Waals surface area contributed by atoms with Crippen LogP contribution >= 0.6 is 11.6 Å². The summed E-state index contributed by atoms with van der Waals surface area (Å²) in [4.78, 5) is 29.3. The Kier molecular flexibility index (Phi) is 7.26. The van der Waals surface area contributed by atoms with Gasteiger partial charge in [0.25, 0.3) is 5.56 Å². The number of benzene rings is 3. The molecule has 0 bridgehead atoms. The molecule has 0 saturated carbocycles. The number of hydrogen-bond acceptors (Lipinski definition) is 7. The Morgan fingerprint density at radius 3 is 2.51 bits per heavy atom. The Bertz CT molecular complexity index is 1610. The number of halogens is 1. The number of methoxy groups -OCH3 is 2. The molecule has 0 unspecified atom stereocenters. The maximum Gasteiger partial charge on any atom is 0.313 e.